The fraction of sp³-hybridized carbons (Fsp3) is 0.214. The highest BCUT2D eigenvalue weighted by molar-refractivity contribution is 6.31. The zero-order valence-corrected chi connectivity index (χ0v) is 12.2. The zero-order valence-electron chi connectivity index (χ0n) is 11.5. The SMILES string of the molecule is O=c1cc(-c2cc(Cl)ccc2-n2cnnn2)nc2n1CCC2. The van der Waals surface area contributed by atoms with Gasteiger partial charge in [-0.2, -0.15) is 4.68 Å². The number of nitrogens with zero attached hydrogens (tertiary/aromatic N) is 6. The standard InChI is InChI=1S/C14H11ClN6O/c15-9-3-4-12(21-8-16-18-19-21)10(6-9)11-7-14(22)20-5-1-2-13(20)17-11/h3-4,6-8H,1-2,5H2. The Labute approximate surface area is 130 Å². The lowest BCUT2D eigenvalue weighted by Gasteiger charge is -2.10. The van der Waals surface area contributed by atoms with Gasteiger partial charge in [0.2, 0.25) is 0 Å². The Morgan fingerprint density at radius 3 is 2.95 bits per heavy atom. The molecule has 3 aromatic rings. The van der Waals surface area contributed by atoms with E-state index in [1.165, 1.54) is 17.1 Å². The third-order valence-corrected chi connectivity index (χ3v) is 3.93. The number of hydrogen-bond acceptors (Lipinski definition) is 5. The van der Waals surface area contributed by atoms with Crippen molar-refractivity contribution in [1.29, 1.82) is 0 Å². The summed E-state index contributed by atoms with van der Waals surface area (Å²) in [5, 5.41) is 11.8. The van der Waals surface area contributed by atoms with Gasteiger partial charge in [0, 0.05) is 29.6 Å². The molecule has 2 aromatic heterocycles. The smallest absolute Gasteiger partial charge is 0.254 e. The summed E-state index contributed by atoms with van der Waals surface area (Å²) in [7, 11) is 0. The largest absolute Gasteiger partial charge is 0.297 e. The van der Waals surface area contributed by atoms with E-state index in [0.717, 1.165) is 36.5 Å². The van der Waals surface area contributed by atoms with Gasteiger partial charge in [0.25, 0.3) is 5.56 Å². The number of benzene rings is 1. The van der Waals surface area contributed by atoms with Gasteiger partial charge in [-0.1, -0.05) is 11.6 Å². The van der Waals surface area contributed by atoms with Crippen LogP contribution in [0.4, 0.5) is 0 Å². The van der Waals surface area contributed by atoms with Crippen LogP contribution >= 0.6 is 11.6 Å². The number of rotatable bonds is 2. The number of aryl methyl sites for hydroxylation is 1. The summed E-state index contributed by atoms with van der Waals surface area (Å²) < 4.78 is 3.24. The molecule has 0 N–H and O–H groups in total. The fourth-order valence-corrected chi connectivity index (χ4v) is 2.87. The molecule has 0 atom stereocenters. The molecule has 0 fully saturated rings. The van der Waals surface area contributed by atoms with Crippen LogP contribution in [0.2, 0.25) is 5.02 Å². The maximum atomic E-state index is 12.2. The Morgan fingerprint density at radius 1 is 1.23 bits per heavy atom. The van der Waals surface area contributed by atoms with Crippen molar-refractivity contribution in [1.82, 2.24) is 29.8 Å². The second-order valence-corrected chi connectivity index (χ2v) is 5.50. The van der Waals surface area contributed by atoms with Crippen LogP contribution in [0.1, 0.15) is 12.2 Å². The summed E-state index contributed by atoms with van der Waals surface area (Å²) in [6.45, 7) is 0.733. The van der Waals surface area contributed by atoms with Crippen molar-refractivity contribution in [3.63, 3.8) is 0 Å². The minimum Gasteiger partial charge on any atom is -0.297 e. The van der Waals surface area contributed by atoms with E-state index in [1.54, 1.807) is 22.8 Å². The lowest BCUT2D eigenvalue weighted by Crippen LogP contribution is -2.20. The lowest BCUT2D eigenvalue weighted by molar-refractivity contribution is 0.712. The molecule has 0 bridgehead atoms. The minimum absolute atomic E-state index is 0.0415. The molecule has 4 rings (SSSR count). The molecule has 1 aliphatic rings. The second kappa shape index (κ2) is 5.03. The first-order valence-electron chi connectivity index (χ1n) is 6.86. The van der Waals surface area contributed by atoms with Gasteiger partial charge in [0.05, 0.1) is 11.4 Å². The number of halogens is 1. The van der Waals surface area contributed by atoms with Crippen LogP contribution < -0.4 is 5.56 Å². The normalized spacial score (nSPS) is 13.3. The molecular formula is C14H11ClN6O. The van der Waals surface area contributed by atoms with Crippen LogP contribution in [0.25, 0.3) is 16.9 Å². The van der Waals surface area contributed by atoms with Crippen LogP contribution in [-0.4, -0.2) is 29.8 Å². The molecule has 0 amide bonds. The van der Waals surface area contributed by atoms with Crippen molar-refractivity contribution in [3.05, 3.63) is 51.8 Å². The van der Waals surface area contributed by atoms with E-state index in [4.69, 9.17) is 11.6 Å². The molecule has 0 aliphatic carbocycles. The summed E-state index contributed by atoms with van der Waals surface area (Å²) >= 11 is 6.11. The molecule has 3 heterocycles. The topological polar surface area (TPSA) is 78.5 Å². The predicted octanol–water partition coefficient (Wildman–Crippen LogP) is 1.49. The molecule has 7 nitrogen and oxygen atoms in total. The van der Waals surface area contributed by atoms with Crippen LogP contribution in [0.5, 0.6) is 0 Å². The molecule has 8 heteroatoms. The van der Waals surface area contributed by atoms with Crippen molar-refractivity contribution in [3.8, 4) is 16.9 Å². The van der Waals surface area contributed by atoms with Crippen molar-refractivity contribution in [2.24, 2.45) is 0 Å². The maximum absolute atomic E-state index is 12.2. The van der Waals surface area contributed by atoms with Gasteiger partial charge in [-0.15, -0.1) is 5.10 Å². The quantitative estimate of drug-likeness (QED) is 0.716. The molecule has 0 radical (unpaired) electrons. The Balaban J connectivity index is 1.95. The van der Waals surface area contributed by atoms with E-state index < -0.39 is 0 Å². The second-order valence-electron chi connectivity index (χ2n) is 5.07. The molecular weight excluding hydrogens is 304 g/mol. The van der Waals surface area contributed by atoms with Crippen LogP contribution in [0, 0.1) is 0 Å². The van der Waals surface area contributed by atoms with Crippen LogP contribution in [-0.2, 0) is 13.0 Å². The Kier molecular flexibility index (Phi) is 3.00. The molecule has 0 unspecified atom stereocenters. The first kappa shape index (κ1) is 13.1. The number of tetrazole rings is 1. The highest BCUT2D eigenvalue weighted by Crippen LogP contribution is 2.28. The van der Waals surface area contributed by atoms with Crippen molar-refractivity contribution in [2.45, 2.75) is 19.4 Å². The minimum atomic E-state index is -0.0415. The average molecular weight is 315 g/mol. The van der Waals surface area contributed by atoms with E-state index in [2.05, 4.69) is 20.5 Å². The summed E-state index contributed by atoms with van der Waals surface area (Å²) in [6.07, 6.45) is 3.25. The molecule has 110 valence electrons. The van der Waals surface area contributed by atoms with E-state index in [9.17, 15) is 4.79 Å². The monoisotopic (exact) mass is 314 g/mol. The third-order valence-electron chi connectivity index (χ3n) is 3.70. The van der Waals surface area contributed by atoms with Gasteiger partial charge < -0.3 is 0 Å². The van der Waals surface area contributed by atoms with Gasteiger partial charge in [-0.3, -0.25) is 9.36 Å². The van der Waals surface area contributed by atoms with Gasteiger partial charge in [-0.25, -0.2) is 4.98 Å². The van der Waals surface area contributed by atoms with Crippen LogP contribution in [0.15, 0.2) is 35.4 Å². The molecule has 1 aliphatic heterocycles. The van der Waals surface area contributed by atoms with Gasteiger partial charge in [0.1, 0.15) is 12.2 Å². The molecule has 0 spiro atoms. The van der Waals surface area contributed by atoms with E-state index in [1.807, 2.05) is 0 Å². The maximum Gasteiger partial charge on any atom is 0.254 e. The highest BCUT2D eigenvalue weighted by atomic mass is 35.5. The number of hydrogen-bond donors (Lipinski definition) is 0. The summed E-state index contributed by atoms with van der Waals surface area (Å²) in [4.78, 5) is 16.8. The van der Waals surface area contributed by atoms with Gasteiger partial charge >= 0.3 is 0 Å². The summed E-state index contributed by atoms with van der Waals surface area (Å²) in [5.74, 6) is 0.810. The van der Waals surface area contributed by atoms with Gasteiger partial charge in [0.15, 0.2) is 0 Å². The number of aromatic nitrogens is 6. The number of fused-ring (bicyclic) bond motifs is 1. The van der Waals surface area contributed by atoms with Crippen molar-refractivity contribution >= 4 is 11.6 Å². The lowest BCUT2D eigenvalue weighted by atomic mass is 10.1. The zero-order chi connectivity index (χ0) is 15.1. The van der Waals surface area contributed by atoms with Crippen molar-refractivity contribution < 1.29 is 0 Å². The summed E-state index contributed by atoms with van der Waals surface area (Å²) in [6, 6.07) is 6.86. The Bertz CT molecular complexity index is 902. The highest BCUT2D eigenvalue weighted by Gasteiger charge is 2.17. The average Bonchev–Trinajstić information content (AvgIpc) is 3.18. The molecule has 0 saturated heterocycles. The fourth-order valence-electron chi connectivity index (χ4n) is 2.70. The van der Waals surface area contributed by atoms with E-state index in [0.29, 0.717) is 10.7 Å². The summed E-state index contributed by atoms with van der Waals surface area (Å²) in [5.41, 5.74) is 2.00. The first-order valence-corrected chi connectivity index (χ1v) is 7.24. The molecule has 1 aromatic carbocycles. The van der Waals surface area contributed by atoms with Crippen LogP contribution in [0.3, 0.4) is 0 Å². The predicted molar refractivity (Wildman–Crippen MR) is 80.0 cm³/mol. The third kappa shape index (κ3) is 2.10. The van der Waals surface area contributed by atoms with E-state index in [-0.39, 0.29) is 5.56 Å². The van der Waals surface area contributed by atoms with E-state index >= 15 is 0 Å². The first-order chi connectivity index (χ1) is 10.7. The molecule has 22 heavy (non-hydrogen) atoms. The van der Waals surface area contributed by atoms with Crippen molar-refractivity contribution in [2.75, 3.05) is 0 Å². The molecule has 0 saturated carbocycles. The van der Waals surface area contributed by atoms with Gasteiger partial charge in [-0.05, 0) is 35.0 Å². The Morgan fingerprint density at radius 2 is 2.14 bits per heavy atom. The Hall–Kier alpha value is -2.54.